The van der Waals surface area contributed by atoms with Crippen LogP contribution in [0.4, 0.5) is 0 Å². The van der Waals surface area contributed by atoms with Crippen molar-refractivity contribution in [1.82, 2.24) is 0 Å². The molecule has 1 aromatic rings. The van der Waals surface area contributed by atoms with E-state index in [-0.39, 0.29) is 5.76 Å². The molecule has 0 spiro atoms. The van der Waals surface area contributed by atoms with E-state index in [4.69, 9.17) is 4.42 Å². The average molecular weight is 197 g/mol. The van der Waals surface area contributed by atoms with Crippen molar-refractivity contribution >= 4 is 5.97 Å². The van der Waals surface area contributed by atoms with Gasteiger partial charge in [-0.3, -0.25) is 0 Å². The molecule has 0 radical (unpaired) electrons. The number of carboxylic acid groups (broad SMARTS) is 1. The number of furan rings is 1. The second-order valence-electron chi connectivity index (χ2n) is 3.19. The zero-order chi connectivity index (χ0) is 10.4. The summed E-state index contributed by atoms with van der Waals surface area (Å²) in [7, 11) is 0. The quantitative estimate of drug-likeness (QED) is 0.625. The van der Waals surface area contributed by atoms with Crippen LogP contribution in [0.25, 0.3) is 0 Å². The first-order chi connectivity index (χ1) is 6.74. The minimum absolute atomic E-state index is 0.0936. The van der Waals surface area contributed by atoms with E-state index in [1.165, 1.54) is 12.5 Å². The highest BCUT2D eigenvalue weighted by molar-refractivity contribution is 5.82. The molecule has 1 heterocycles. The van der Waals surface area contributed by atoms with Crippen molar-refractivity contribution in [2.75, 3.05) is 6.54 Å². The number of carboxylic acids is 1. The van der Waals surface area contributed by atoms with E-state index in [0.29, 0.717) is 12.3 Å². The van der Waals surface area contributed by atoms with Gasteiger partial charge in [-0.2, -0.15) is 0 Å². The average Bonchev–Trinajstić information content (AvgIpc) is 2.61. The molecule has 0 atom stereocenters. The molecule has 0 saturated heterocycles. The number of aromatic carboxylic acids is 1. The molecule has 0 amide bonds. The Bertz CT molecular complexity index is 293. The molecule has 0 aliphatic heterocycles. The third kappa shape index (κ3) is 3.22. The van der Waals surface area contributed by atoms with Gasteiger partial charge in [0.05, 0.1) is 6.54 Å². The first-order valence-corrected chi connectivity index (χ1v) is 4.85. The van der Waals surface area contributed by atoms with E-state index in [1.807, 2.05) is 0 Å². The fourth-order valence-corrected chi connectivity index (χ4v) is 1.19. The Kier molecular flexibility index (Phi) is 4.19. The van der Waals surface area contributed by atoms with Crippen LogP contribution >= 0.6 is 0 Å². The molecular formula is C10H15NO3. The predicted octanol–water partition coefficient (Wildman–Crippen LogP) is -0.493. The maximum absolute atomic E-state index is 10.4. The zero-order valence-electron chi connectivity index (χ0n) is 8.29. The molecule has 0 aromatic carbocycles. The Balaban J connectivity index is 2.33. The number of unbranched alkanes of at least 4 members (excludes halogenated alkanes) is 1. The van der Waals surface area contributed by atoms with Gasteiger partial charge in [-0.1, -0.05) is 13.3 Å². The van der Waals surface area contributed by atoms with Crippen molar-refractivity contribution in [1.29, 1.82) is 0 Å². The summed E-state index contributed by atoms with van der Waals surface area (Å²) in [4.78, 5) is 10.4. The van der Waals surface area contributed by atoms with Crippen molar-refractivity contribution in [3.8, 4) is 0 Å². The molecule has 0 aliphatic rings. The summed E-state index contributed by atoms with van der Waals surface area (Å²) < 4.78 is 5.03. The summed E-state index contributed by atoms with van der Waals surface area (Å²) in [5.41, 5.74) is 0. The summed E-state index contributed by atoms with van der Waals surface area (Å²) in [6.45, 7) is 3.86. The fourth-order valence-electron chi connectivity index (χ4n) is 1.19. The van der Waals surface area contributed by atoms with Crippen molar-refractivity contribution in [3.05, 3.63) is 23.7 Å². The Hall–Kier alpha value is -1.29. The molecule has 2 N–H and O–H groups in total. The Morgan fingerprint density at radius 3 is 2.93 bits per heavy atom. The second kappa shape index (κ2) is 5.44. The van der Waals surface area contributed by atoms with E-state index >= 15 is 0 Å². The minimum Gasteiger partial charge on any atom is -0.542 e. The highest BCUT2D eigenvalue weighted by Gasteiger charge is 2.03. The third-order valence-corrected chi connectivity index (χ3v) is 1.97. The van der Waals surface area contributed by atoms with Gasteiger partial charge < -0.3 is 19.6 Å². The fraction of sp³-hybridized carbons (Fsp3) is 0.500. The van der Waals surface area contributed by atoms with Crippen LogP contribution in [0.5, 0.6) is 0 Å². The van der Waals surface area contributed by atoms with Crippen molar-refractivity contribution in [2.24, 2.45) is 0 Å². The molecule has 4 nitrogen and oxygen atoms in total. The van der Waals surface area contributed by atoms with E-state index < -0.39 is 5.97 Å². The molecular weight excluding hydrogens is 182 g/mol. The lowest BCUT2D eigenvalue weighted by Gasteiger charge is -1.98. The Labute approximate surface area is 82.9 Å². The van der Waals surface area contributed by atoms with E-state index in [2.05, 4.69) is 12.2 Å². The van der Waals surface area contributed by atoms with Gasteiger partial charge in [0.15, 0.2) is 5.76 Å². The first kappa shape index (κ1) is 10.8. The van der Waals surface area contributed by atoms with Crippen molar-refractivity contribution < 1.29 is 19.6 Å². The van der Waals surface area contributed by atoms with E-state index in [0.717, 1.165) is 13.0 Å². The van der Waals surface area contributed by atoms with Gasteiger partial charge in [-0.05, 0) is 18.6 Å². The maximum atomic E-state index is 10.4. The van der Waals surface area contributed by atoms with Gasteiger partial charge in [0.2, 0.25) is 0 Å². The Morgan fingerprint density at radius 2 is 2.36 bits per heavy atom. The van der Waals surface area contributed by atoms with Gasteiger partial charge in [-0.25, -0.2) is 0 Å². The minimum atomic E-state index is -1.26. The van der Waals surface area contributed by atoms with Crippen LogP contribution in [0, 0.1) is 0 Å². The number of rotatable bonds is 6. The number of carbonyl (C=O) groups is 1. The largest absolute Gasteiger partial charge is 0.542 e. The molecule has 0 bridgehead atoms. The monoisotopic (exact) mass is 197 g/mol. The molecule has 78 valence electrons. The Morgan fingerprint density at radius 1 is 1.57 bits per heavy atom. The molecule has 1 rings (SSSR count). The second-order valence-corrected chi connectivity index (χ2v) is 3.19. The van der Waals surface area contributed by atoms with Gasteiger partial charge in [-0.15, -0.1) is 0 Å². The highest BCUT2D eigenvalue weighted by Crippen LogP contribution is 2.04. The standard InChI is InChI=1S/C10H15NO3/c1-2-3-6-11-7-8-4-5-9(14-8)10(12)13/h4-5,11H,2-3,6-7H2,1H3,(H,12,13). The number of hydrogen-bond donors (Lipinski definition) is 1. The van der Waals surface area contributed by atoms with Crippen LogP contribution in [0.2, 0.25) is 0 Å². The van der Waals surface area contributed by atoms with Gasteiger partial charge >= 0.3 is 0 Å². The number of nitrogens with two attached hydrogens (primary N) is 1. The summed E-state index contributed by atoms with van der Waals surface area (Å²) in [6, 6.07) is 3.10. The zero-order valence-corrected chi connectivity index (χ0v) is 8.29. The van der Waals surface area contributed by atoms with Gasteiger partial charge in [0, 0.05) is 0 Å². The molecule has 0 saturated carbocycles. The topological polar surface area (TPSA) is 69.9 Å². The molecule has 14 heavy (non-hydrogen) atoms. The smallest absolute Gasteiger partial charge is 0.158 e. The van der Waals surface area contributed by atoms with E-state index in [1.54, 1.807) is 6.07 Å². The highest BCUT2D eigenvalue weighted by atomic mass is 16.4. The lowest BCUT2D eigenvalue weighted by molar-refractivity contribution is -0.672. The third-order valence-electron chi connectivity index (χ3n) is 1.97. The lowest BCUT2D eigenvalue weighted by Crippen LogP contribution is -2.82. The first-order valence-electron chi connectivity index (χ1n) is 4.85. The molecule has 0 fully saturated rings. The van der Waals surface area contributed by atoms with Crippen LogP contribution in [-0.2, 0) is 6.54 Å². The van der Waals surface area contributed by atoms with Gasteiger partial charge in [0.1, 0.15) is 18.3 Å². The van der Waals surface area contributed by atoms with Crippen LogP contribution in [0.15, 0.2) is 16.5 Å². The summed E-state index contributed by atoms with van der Waals surface area (Å²) in [5, 5.41) is 12.5. The normalized spacial score (nSPS) is 10.4. The summed E-state index contributed by atoms with van der Waals surface area (Å²) in [6.07, 6.45) is 2.33. The van der Waals surface area contributed by atoms with E-state index in [9.17, 15) is 9.90 Å². The summed E-state index contributed by atoms with van der Waals surface area (Å²) in [5.74, 6) is -0.672. The SMILES string of the molecule is CCCC[NH2+]Cc1ccc(C(=O)[O-])o1. The molecule has 4 heteroatoms. The number of quaternary nitrogens is 1. The van der Waals surface area contributed by atoms with Crippen LogP contribution < -0.4 is 10.4 Å². The van der Waals surface area contributed by atoms with Crippen LogP contribution in [0.1, 0.15) is 36.1 Å². The molecule has 0 aliphatic carbocycles. The van der Waals surface area contributed by atoms with Gasteiger partial charge in [0.25, 0.3) is 0 Å². The number of carbonyl (C=O) groups excluding carboxylic acids is 1. The maximum Gasteiger partial charge on any atom is 0.158 e. The predicted molar refractivity (Wildman–Crippen MR) is 48.4 cm³/mol. The summed E-state index contributed by atoms with van der Waals surface area (Å²) >= 11 is 0. The molecule has 1 aromatic heterocycles. The van der Waals surface area contributed by atoms with Crippen molar-refractivity contribution in [3.63, 3.8) is 0 Å². The molecule has 0 unspecified atom stereocenters. The number of hydrogen-bond acceptors (Lipinski definition) is 3. The van der Waals surface area contributed by atoms with Crippen molar-refractivity contribution in [2.45, 2.75) is 26.3 Å². The van der Waals surface area contributed by atoms with Crippen LogP contribution in [-0.4, -0.2) is 12.5 Å². The van der Waals surface area contributed by atoms with Crippen LogP contribution in [0.3, 0.4) is 0 Å². The lowest BCUT2D eigenvalue weighted by atomic mass is 10.3.